The van der Waals surface area contributed by atoms with Crippen molar-refractivity contribution in [3.05, 3.63) is 30.6 Å². The number of rotatable bonds is 3. The molecule has 0 atom stereocenters. The maximum absolute atomic E-state index is 5.62. The predicted octanol–water partition coefficient (Wildman–Crippen LogP) is 1.94. The van der Waals surface area contributed by atoms with Crippen LogP contribution in [0.15, 0.2) is 30.6 Å². The van der Waals surface area contributed by atoms with E-state index in [9.17, 15) is 0 Å². The Kier molecular flexibility index (Phi) is 2.67. The molecule has 0 amide bonds. The first-order valence-electron chi connectivity index (χ1n) is 5.05. The van der Waals surface area contributed by atoms with E-state index in [1.54, 1.807) is 6.07 Å². The SMILES string of the molecule is CCCn1cc(-c2cccc(N)n2)cn1. The molecule has 0 spiro atoms. The first-order chi connectivity index (χ1) is 7.29. The minimum absolute atomic E-state index is 0.538. The number of aryl methyl sites for hydroxylation is 1. The molecule has 0 saturated carbocycles. The molecule has 0 aliphatic rings. The van der Waals surface area contributed by atoms with Gasteiger partial charge in [0.2, 0.25) is 0 Å². The summed E-state index contributed by atoms with van der Waals surface area (Å²) in [4.78, 5) is 4.24. The molecule has 0 aromatic carbocycles. The molecule has 4 heteroatoms. The average molecular weight is 202 g/mol. The fraction of sp³-hybridized carbons (Fsp3) is 0.273. The standard InChI is InChI=1S/C11H14N4/c1-2-6-15-8-9(7-13-15)10-4-3-5-11(12)14-10/h3-5,7-8H,2,6H2,1H3,(H2,12,14). The summed E-state index contributed by atoms with van der Waals surface area (Å²) in [6.45, 7) is 3.06. The Morgan fingerprint density at radius 1 is 1.40 bits per heavy atom. The van der Waals surface area contributed by atoms with Crippen LogP contribution in [0.25, 0.3) is 11.3 Å². The predicted molar refractivity (Wildman–Crippen MR) is 60.2 cm³/mol. The summed E-state index contributed by atoms with van der Waals surface area (Å²) in [5.74, 6) is 0.538. The van der Waals surface area contributed by atoms with Crippen molar-refractivity contribution in [2.24, 2.45) is 0 Å². The molecule has 0 bridgehead atoms. The second-order valence-corrected chi connectivity index (χ2v) is 3.44. The Balaban J connectivity index is 2.29. The summed E-state index contributed by atoms with van der Waals surface area (Å²) in [6.07, 6.45) is 4.88. The van der Waals surface area contributed by atoms with Crippen LogP contribution >= 0.6 is 0 Å². The van der Waals surface area contributed by atoms with Gasteiger partial charge in [0.15, 0.2) is 0 Å². The number of pyridine rings is 1. The van der Waals surface area contributed by atoms with Crippen LogP contribution in [0.4, 0.5) is 5.82 Å². The number of nitrogen functional groups attached to an aromatic ring is 1. The van der Waals surface area contributed by atoms with Crippen molar-refractivity contribution in [3.8, 4) is 11.3 Å². The van der Waals surface area contributed by atoms with E-state index in [0.717, 1.165) is 24.2 Å². The highest BCUT2D eigenvalue weighted by atomic mass is 15.3. The molecule has 0 unspecified atom stereocenters. The van der Waals surface area contributed by atoms with E-state index in [-0.39, 0.29) is 0 Å². The quantitative estimate of drug-likeness (QED) is 0.827. The fourth-order valence-corrected chi connectivity index (χ4v) is 1.46. The molecule has 0 fully saturated rings. The van der Waals surface area contributed by atoms with Crippen molar-refractivity contribution < 1.29 is 0 Å². The van der Waals surface area contributed by atoms with E-state index in [0.29, 0.717) is 5.82 Å². The van der Waals surface area contributed by atoms with Crippen molar-refractivity contribution in [1.82, 2.24) is 14.8 Å². The lowest BCUT2D eigenvalue weighted by atomic mass is 10.2. The van der Waals surface area contributed by atoms with Gasteiger partial charge in [-0.1, -0.05) is 13.0 Å². The van der Waals surface area contributed by atoms with E-state index in [4.69, 9.17) is 5.73 Å². The largest absolute Gasteiger partial charge is 0.384 e. The van der Waals surface area contributed by atoms with E-state index < -0.39 is 0 Å². The van der Waals surface area contributed by atoms with Gasteiger partial charge in [-0.2, -0.15) is 5.10 Å². The van der Waals surface area contributed by atoms with Gasteiger partial charge in [-0.3, -0.25) is 4.68 Å². The molecular weight excluding hydrogens is 188 g/mol. The van der Waals surface area contributed by atoms with Gasteiger partial charge < -0.3 is 5.73 Å². The summed E-state index contributed by atoms with van der Waals surface area (Å²) in [6, 6.07) is 5.61. The molecule has 0 saturated heterocycles. The minimum Gasteiger partial charge on any atom is -0.384 e. The van der Waals surface area contributed by atoms with Crippen LogP contribution < -0.4 is 5.73 Å². The monoisotopic (exact) mass is 202 g/mol. The van der Waals surface area contributed by atoms with E-state index in [2.05, 4.69) is 17.0 Å². The highest BCUT2D eigenvalue weighted by molar-refractivity contribution is 5.58. The van der Waals surface area contributed by atoms with Crippen LogP contribution in [-0.2, 0) is 6.54 Å². The third-order valence-electron chi connectivity index (χ3n) is 2.15. The average Bonchev–Trinajstić information content (AvgIpc) is 2.67. The van der Waals surface area contributed by atoms with Crippen molar-refractivity contribution in [1.29, 1.82) is 0 Å². The molecule has 78 valence electrons. The van der Waals surface area contributed by atoms with E-state index in [1.807, 2.05) is 29.2 Å². The van der Waals surface area contributed by atoms with Gasteiger partial charge >= 0.3 is 0 Å². The lowest BCUT2D eigenvalue weighted by Crippen LogP contribution is -1.95. The topological polar surface area (TPSA) is 56.7 Å². The van der Waals surface area contributed by atoms with Gasteiger partial charge in [0.25, 0.3) is 0 Å². The Labute approximate surface area is 88.8 Å². The molecule has 2 N–H and O–H groups in total. The van der Waals surface area contributed by atoms with E-state index >= 15 is 0 Å². The number of aromatic nitrogens is 3. The van der Waals surface area contributed by atoms with E-state index in [1.165, 1.54) is 0 Å². The minimum atomic E-state index is 0.538. The number of hydrogen-bond acceptors (Lipinski definition) is 3. The number of hydrogen-bond donors (Lipinski definition) is 1. The zero-order chi connectivity index (χ0) is 10.7. The van der Waals surface area contributed by atoms with Crippen molar-refractivity contribution in [3.63, 3.8) is 0 Å². The second-order valence-electron chi connectivity index (χ2n) is 3.44. The van der Waals surface area contributed by atoms with Gasteiger partial charge in [-0.15, -0.1) is 0 Å². The second kappa shape index (κ2) is 4.13. The van der Waals surface area contributed by atoms with Gasteiger partial charge in [-0.05, 0) is 18.6 Å². The van der Waals surface area contributed by atoms with Gasteiger partial charge in [0, 0.05) is 18.3 Å². The van der Waals surface area contributed by atoms with Crippen LogP contribution in [-0.4, -0.2) is 14.8 Å². The summed E-state index contributed by atoms with van der Waals surface area (Å²) in [5, 5.41) is 4.25. The van der Waals surface area contributed by atoms with Crippen molar-refractivity contribution in [2.45, 2.75) is 19.9 Å². The third-order valence-corrected chi connectivity index (χ3v) is 2.15. The maximum atomic E-state index is 5.62. The van der Waals surface area contributed by atoms with Gasteiger partial charge in [0.05, 0.1) is 11.9 Å². The molecule has 0 aliphatic carbocycles. The Bertz CT molecular complexity index is 447. The number of anilines is 1. The molecule has 4 nitrogen and oxygen atoms in total. The van der Waals surface area contributed by atoms with Gasteiger partial charge in [-0.25, -0.2) is 4.98 Å². The van der Waals surface area contributed by atoms with Crippen molar-refractivity contribution in [2.75, 3.05) is 5.73 Å². The van der Waals surface area contributed by atoms with Crippen LogP contribution in [0.5, 0.6) is 0 Å². The molecule has 2 rings (SSSR count). The lowest BCUT2D eigenvalue weighted by Gasteiger charge is -1.97. The van der Waals surface area contributed by atoms with Gasteiger partial charge in [0.1, 0.15) is 5.82 Å². The Morgan fingerprint density at radius 2 is 2.27 bits per heavy atom. The zero-order valence-electron chi connectivity index (χ0n) is 8.72. The Hall–Kier alpha value is -1.84. The summed E-state index contributed by atoms with van der Waals surface area (Å²) < 4.78 is 1.92. The molecule has 0 aliphatic heterocycles. The lowest BCUT2D eigenvalue weighted by molar-refractivity contribution is 0.603. The fourth-order valence-electron chi connectivity index (χ4n) is 1.46. The highest BCUT2D eigenvalue weighted by Gasteiger charge is 2.02. The molecule has 2 aromatic heterocycles. The molecule has 2 heterocycles. The summed E-state index contributed by atoms with van der Waals surface area (Å²) in [5.41, 5.74) is 7.51. The van der Waals surface area contributed by atoms with Crippen LogP contribution in [0.3, 0.4) is 0 Å². The first-order valence-corrected chi connectivity index (χ1v) is 5.05. The van der Waals surface area contributed by atoms with Crippen LogP contribution in [0.1, 0.15) is 13.3 Å². The number of nitrogens with two attached hydrogens (primary N) is 1. The Morgan fingerprint density at radius 3 is 3.00 bits per heavy atom. The van der Waals surface area contributed by atoms with Crippen LogP contribution in [0, 0.1) is 0 Å². The first kappa shape index (κ1) is 9.71. The van der Waals surface area contributed by atoms with Crippen LogP contribution in [0.2, 0.25) is 0 Å². The molecule has 0 radical (unpaired) electrons. The normalized spacial score (nSPS) is 10.5. The molecule has 15 heavy (non-hydrogen) atoms. The maximum Gasteiger partial charge on any atom is 0.124 e. The highest BCUT2D eigenvalue weighted by Crippen LogP contribution is 2.16. The number of nitrogens with zero attached hydrogens (tertiary/aromatic N) is 3. The smallest absolute Gasteiger partial charge is 0.124 e. The molecule has 2 aromatic rings. The molecular formula is C11H14N4. The van der Waals surface area contributed by atoms with Crippen molar-refractivity contribution >= 4 is 5.82 Å². The zero-order valence-corrected chi connectivity index (χ0v) is 8.72. The summed E-state index contributed by atoms with van der Waals surface area (Å²) in [7, 11) is 0. The summed E-state index contributed by atoms with van der Waals surface area (Å²) >= 11 is 0. The third kappa shape index (κ3) is 2.15.